The lowest BCUT2D eigenvalue weighted by Crippen LogP contribution is -2.36. The largest absolute Gasteiger partial charge is 0.449 e. The summed E-state index contributed by atoms with van der Waals surface area (Å²) >= 11 is 0. The van der Waals surface area contributed by atoms with E-state index in [0.29, 0.717) is 17.7 Å². The van der Waals surface area contributed by atoms with Crippen LogP contribution in [0.1, 0.15) is 55.1 Å². The fourth-order valence-corrected chi connectivity index (χ4v) is 3.44. The Morgan fingerprint density at radius 1 is 1.25 bits per heavy atom. The number of hydrogen-bond donors (Lipinski definition) is 1. The van der Waals surface area contributed by atoms with Gasteiger partial charge in [-0.2, -0.15) is 0 Å². The third-order valence-electron chi connectivity index (χ3n) is 4.96. The lowest BCUT2D eigenvalue weighted by molar-refractivity contribution is -0.129. The van der Waals surface area contributed by atoms with E-state index in [1.807, 2.05) is 18.2 Å². The molecule has 3 rings (SSSR count). The van der Waals surface area contributed by atoms with Crippen LogP contribution in [0.25, 0.3) is 11.0 Å². The number of amides is 1. The van der Waals surface area contributed by atoms with Gasteiger partial charge in [0.1, 0.15) is 5.58 Å². The Morgan fingerprint density at radius 2 is 2.07 bits per heavy atom. The predicted molar refractivity (Wildman–Crippen MR) is 106 cm³/mol. The van der Waals surface area contributed by atoms with Crippen molar-refractivity contribution in [2.75, 3.05) is 13.7 Å². The van der Waals surface area contributed by atoms with Crippen LogP contribution < -0.4 is 5.32 Å². The number of fused-ring (bicyclic) bond motifs is 1. The van der Waals surface area contributed by atoms with Gasteiger partial charge in [0, 0.05) is 24.6 Å². The van der Waals surface area contributed by atoms with Gasteiger partial charge < -0.3 is 19.2 Å². The summed E-state index contributed by atoms with van der Waals surface area (Å²) in [6, 6.07) is 7.33. The average molecular weight is 385 g/mol. The average Bonchev–Trinajstić information content (AvgIpc) is 3.08. The first-order chi connectivity index (χ1) is 13.6. The minimum absolute atomic E-state index is 0.0788. The van der Waals surface area contributed by atoms with Crippen LogP contribution in [0.2, 0.25) is 0 Å². The summed E-state index contributed by atoms with van der Waals surface area (Å²) in [6.07, 6.45) is 6.89. The van der Waals surface area contributed by atoms with Crippen molar-refractivity contribution in [1.29, 1.82) is 0 Å². The van der Waals surface area contributed by atoms with E-state index in [0.717, 1.165) is 24.6 Å². The van der Waals surface area contributed by atoms with Crippen molar-refractivity contribution in [2.24, 2.45) is 0 Å². The molecule has 0 aliphatic heterocycles. The molecule has 6 heteroatoms. The van der Waals surface area contributed by atoms with Gasteiger partial charge in [-0.05, 0) is 45.1 Å². The number of carbonyl (C=O) groups is 2. The van der Waals surface area contributed by atoms with E-state index in [1.165, 1.54) is 18.4 Å². The molecule has 2 aromatic rings. The van der Waals surface area contributed by atoms with E-state index < -0.39 is 12.1 Å². The van der Waals surface area contributed by atoms with Crippen LogP contribution in [0.5, 0.6) is 0 Å². The molecule has 1 aromatic carbocycles. The molecule has 1 aliphatic carbocycles. The Morgan fingerprint density at radius 3 is 2.82 bits per heavy atom. The maximum absolute atomic E-state index is 12.6. The van der Waals surface area contributed by atoms with Gasteiger partial charge in [-0.1, -0.05) is 29.8 Å². The second-order valence-corrected chi connectivity index (χ2v) is 7.04. The molecule has 1 N–H and O–H groups in total. The zero-order valence-electron chi connectivity index (χ0n) is 16.5. The highest BCUT2D eigenvalue weighted by atomic mass is 16.6. The number of nitrogens with one attached hydrogen (secondary N) is 1. The Bertz CT molecular complexity index is 867. The van der Waals surface area contributed by atoms with Crippen LogP contribution in [0.3, 0.4) is 0 Å². The number of allylic oxidation sites excluding steroid dienone is 1. The quantitative estimate of drug-likeness (QED) is 0.546. The number of benzene rings is 1. The standard InChI is InChI=1S/C22H27NO5/c1-15(21(24)23-13-12-16-8-4-3-5-9-16)27-22(25)20-18(14-26-2)17-10-6-7-11-19(17)28-20/h6-8,10-11,15H,3-5,9,12-14H2,1-2H3,(H,23,24)/t15-/m1/s1. The van der Waals surface area contributed by atoms with Gasteiger partial charge in [-0.25, -0.2) is 4.79 Å². The zero-order valence-corrected chi connectivity index (χ0v) is 16.5. The van der Waals surface area contributed by atoms with Crippen molar-refractivity contribution in [3.63, 3.8) is 0 Å². The topological polar surface area (TPSA) is 77.8 Å². The molecule has 150 valence electrons. The number of esters is 1. The number of para-hydroxylation sites is 1. The smallest absolute Gasteiger partial charge is 0.375 e. The number of hydrogen-bond acceptors (Lipinski definition) is 5. The van der Waals surface area contributed by atoms with Gasteiger partial charge in [-0.15, -0.1) is 0 Å². The molecule has 0 fully saturated rings. The highest BCUT2D eigenvalue weighted by molar-refractivity contribution is 5.97. The van der Waals surface area contributed by atoms with Gasteiger partial charge >= 0.3 is 5.97 Å². The van der Waals surface area contributed by atoms with Crippen molar-refractivity contribution >= 4 is 22.8 Å². The lowest BCUT2D eigenvalue weighted by Gasteiger charge is -2.15. The Kier molecular flexibility index (Phi) is 6.87. The fraction of sp³-hybridized carbons (Fsp3) is 0.455. The monoisotopic (exact) mass is 385 g/mol. The van der Waals surface area contributed by atoms with E-state index in [-0.39, 0.29) is 18.3 Å². The van der Waals surface area contributed by atoms with Crippen LogP contribution >= 0.6 is 0 Å². The minimum atomic E-state index is -0.906. The maximum atomic E-state index is 12.6. The number of methoxy groups -OCH3 is 1. The summed E-state index contributed by atoms with van der Waals surface area (Å²) in [5, 5.41) is 3.64. The third-order valence-corrected chi connectivity index (χ3v) is 4.96. The summed E-state index contributed by atoms with van der Waals surface area (Å²) in [5.74, 6) is -0.898. The van der Waals surface area contributed by atoms with Gasteiger partial charge in [0.05, 0.1) is 6.61 Å². The summed E-state index contributed by atoms with van der Waals surface area (Å²) < 4.78 is 16.2. The number of furan rings is 1. The highest BCUT2D eigenvalue weighted by Gasteiger charge is 2.25. The van der Waals surface area contributed by atoms with Crippen LogP contribution in [-0.2, 0) is 20.9 Å². The lowest BCUT2D eigenvalue weighted by atomic mass is 9.97. The molecule has 6 nitrogen and oxygen atoms in total. The SMILES string of the molecule is COCc1c(C(=O)O[C@H](C)C(=O)NCCC2=CCCCC2)oc2ccccc12. The van der Waals surface area contributed by atoms with Crippen LogP contribution in [0.15, 0.2) is 40.3 Å². The van der Waals surface area contributed by atoms with E-state index in [4.69, 9.17) is 13.9 Å². The van der Waals surface area contributed by atoms with Crippen LogP contribution in [0.4, 0.5) is 0 Å². The Balaban J connectivity index is 1.59. The molecule has 0 spiro atoms. The minimum Gasteiger partial charge on any atom is -0.449 e. The van der Waals surface area contributed by atoms with Gasteiger partial charge in [-0.3, -0.25) is 4.79 Å². The van der Waals surface area contributed by atoms with E-state index in [1.54, 1.807) is 20.1 Å². The second-order valence-electron chi connectivity index (χ2n) is 7.04. The molecule has 0 saturated heterocycles. The number of carbonyl (C=O) groups excluding carboxylic acids is 2. The first-order valence-corrected chi connectivity index (χ1v) is 9.76. The van der Waals surface area contributed by atoms with Crippen LogP contribution in [0, 0.1) is 0 Å². The molecule has 1 aliphatic rings. The van der Waals surface area contributed by atoms with Crippen molar-refractivity contribution in [3.8, 4) is 0 Å². The van der Waals surface area contributed by atoms with E-state index in [9.17, 15) is 9.59 Å². The molecule has 1 heterocycles. The number of rotatable bonds is 8. The maximum Gasteiger partial charge on any atom is 0.375 e. The summed E-state index contributed by atoms with van der Waals surface area (Å²) in [5.41, 5.74) is 2.60. The molecule has 0 bridgehead atoms. The molecule has 1 aromatic heterocycles. The summed E-state index contributed by atoms with van der Waals surface area (Å²) in [4.78, 5) is 24.9. The molecule has 1 amide bonds. The highest BCUT2D eigenvalue weighted by Crippen LogP contribution is 2.27. The normalized spacial score (nSPS) is 15.1. The molecule has 0 saturated carbocycles. The van der Waals surface area contributed by atoms with Gasteiger partial charge in [0.2, 0.25) is 5.76 Å². The molecule has 0 unspecified atom stereocenters. The van der Waals surface area contributed by atoms with Crippen molar-refractivity contribution < 1.29 is 23.5 Å². The fourth-order valence-electron chi connectivity index (χ4n) is 3.44. The van der Waals surface area contributed by atoms with Crippen LogP contribution in [-0.4, -0.2) is 31.6 Å². The second kappa shape index (κ2) is 9.55. The summed E-state index contributed by atoms with van der Waals surface area (Å²) in [6.45, 7) is 2.33. The molecule has 28 heavy (non-hydrogen) atoms. The molecule has 1 atom stereocenters. The van der Waals surface area contributed by atoms with E-state index in [2.05, 4.69) is 11.4 Å². The molecular formula is C22H27NO5. The predicted octanol–water partition coefficient (Wildman–Crippen LogP) is 4.13. The van der Waals surface area contributed by atoms with Crippen molar-refractivity contribution in [1.82, 2.24) is 5.32 Å². The van der Waals surface area contributed by atoms with Gasteiger partial charge in [0.15, 0.2) is 6.10 Å². The van der Waals surface area contributed by atoms with E-state index >= 15 is 0 Å². The first kappa shape index (κ1) is 20.1. The molecule has 0 radical (unpaired) electrons. The summed E-state index contributed by atoms with van der Waals surface area (Å²) in [7, 11) is 1.55. The van der Waals surface area contributed by atoms with Crippen molar-refractivity contribution in [2.45, 2.75) is 51.7 Å². The molecular weight excluding hydrogens is 358 g/mol. The Labute approximate surface area is 164 Å². The van der Waals surface area contributed by atoms with Crippen molar-refractivity contribution in [3.05, 3.63) is 47.2 Å². The number of ether oxygens (including phenoxy) is 2. The third kappa shape index (κ3) is 4.81. The first-order valence-electron chi connectivity index (χ1n) is 9.76. The zero-order chi connectivity index (χ0) is 19.9. The van der Waals surface area contributed by atoms with Gasteiger partial charge in [0.25, 0.3) is 5.91 Å². The Hall–Kier alpha value is -2.60.